The third-order valence-electron chi connectivity index (χ3n) is 4.89. The van der Waals surface area contributed by atoms with Crippen LogP contribution >= 0.6 is 23.1 Å². The molecule has 2 aromatic rings. The first-order valence-electron chi connectivity index (χ1n) is 8.38. The first-order chi connectivity index (χ1) is 12.2. The van der Waals surface area contributed by atoms with Crippen LogP contribution < -0.4 is 5.32 Å². The maximum absolute atomic E-state index is 12.5. The Bertz CT molecular complexity index is 803. The van der Waals surface area contributed by atoms with E-state index >= 15 is 0 Å². The number of benzene rings is 1. The van der Waals surface area contributed by atoms with Gasteiger partial charge in [0.25, 0.3) is 5.91 Å². The molecule has 1 atom stereocenters. The number of hydrogen-bond acceptors (Lipinski definition) is 6. The van der Waals surface area contributed by atoms with E-state index in [0.717, 1.165) is 15.8 Å². The number of carbonyl (C=O) groups is 1. The summed E-state index contributed by atoms with van der Waals surface area (Å²) in [6, 6.07) is 9.90. The normalized spacial score (nSPS) is 24.7. The molecule has 5 rings (SSSR count). The van der Waals surface area contributed by atoms with E-state index in [2.05, 4.69) is 15.2 Å². The van der Waals surface area contributed by atoms with Crippen molar-refractivity contribution in [3.63, 3.8) is 0 Å². The minimum Gasteiger partial charge on any atom is -0.348 e. The molecule has 3 aliphatic rings. The first-order valence-corrected chi connectivity index (χ1v) is 10.1. The van der Waals surface area contributed by atoms with Gasteiger partial charge in [0.15, 0.2) is 10.0 Å². The second-order valence-corrected chi connectivity index (χ2v) is 8.63. The Morgan fingerprint density at radius 3 is 2.68 bits per heavy atom. The summed E-state index contributed by atoms with van der Waals surface area (Å²) in [6.07, 6.45) is 2.39. The van der Waals surface area contributed by atoms with Crippen molar-refractivity contribution in [1.82, 2.24) is 15.2 Å². The van der Waals surface area contributed by atoms with Crippen LogP contribution in [-0.4, -0.2) is 41.5 Å². The Kier molecular flexibility index (Phi) is 4.75. The molecule has 4 heterocycles. The van der Waals surface area contributed by atoms with Gasteiger partial charge in [-0.05, 0) is 56.1 Å². The van der Waals surface area contributed by atoms with Crippen LogP contribution in [0, 0.1) is 17.2 Å². The molecule has 3 fully saturated rings. The zero-order valence-corrected chi connectivity index (χ0v) is 15.3. The molecule has 1 N–H and O–H groups in total. The second kappa shape index (κ2) is 7.16. The molecule has 0 aliphatic carbocycles. The lowest BCUT2D eigenvalue weighted by molar-refractivity contribution is 0.0620. The van der Waals surface area contributed by atoms with Crippen LogP contribution in [-0.2, 0) is 0 Å². The van der Waals surface area contributed by atoms with Gasteiger partial charge in [0.2, 0.25) is 0 Å². The summed E-state index contributed by atoms with van der Waals surface area (Å²) in [4.78, 5) is 20.2. The van der Waals surface area contributed by atoms with E-state index in [1.807, 2.05) is 30.3 Å². The number of carbonyl (C=O) groups excluding carboxylic acids is 1. The highest BCUT2D eigenvalue weighted by molar-refractivity contribution is 8.01. The van der Waals surface area contributed by atoms with Crippen molar-refractivity contribution in [3.8, 4) is 6.07 Å². The molecule has 3 saturated heterocycles. The number of hydrogen-bond donors (Lipinski definition) is 1. The molecule has 3 aliphatic heterocycles. The second-order valence-electron chi connectivity index (χ2n) is 6.45. The van der Waals surface area contributed by atoms with E-state index in [4.69, 9.17) is 5.26 Å². The van der Waals surface area contributed by atoms with E-state index < -0.39 is 0 Å². The number of aromatic nitrogens is 1. The Labute approximate surface area is 155 Å². The predicted molar refractivity (Wildman–Crippen MR) is 97.8 cm³/mol. The molecule has 0 saturated carbocycles. The summed E-state index contributed by atoms with van der Waals surface area (Å²) in [5.41, 5.74) is 1.14. The maximum atomic E-state index is 12.5. The molecule has 1 aromatic heterocycles. The number of piperidine rings is 3. The smallest absolute Gasteiger partial charge is 0.251 e. The van der Waals surface area contributed by atoms with Gasteiger partial charge < -0.3 is 10.2 Å². The van der Waals surface area contributed by atoms with Crippen molar-refractivity contribution >= 4 is 29.0 Å². The average Bonchev–Trinajstić information content (AvgIpc) is 3.11. The van der Waals surface area contributed by atoms with Gasteiger partial charge in [-0.15, -0.1) is 11.3 Å². The topological polar surface area (TPSA) is 69.0 Å². The van der Waals surface area contributed by atoms with E-state index in [9.17, 15) is 4.79 Å². The molecule has 1 amide bonds. The number of nitrogens with one attached hydrogen (secondary N) is 1. The third-order valence-corrected chi connectivity index (χ3v) is 6.84. The van der Waals surface area contributed by atoms with Crippen molar-refractivity contribution in [1.29, 1.82) is 5.26 Å². The third kappa shape index (κ3) is 3.71. The maximum Gasteiger partial charge on any atom is 0.251 e. The van der Waals surface area contributed by atoms with E-state index in [-0.39, 0.29) is 11.9 Å². The Morgan fingerprint density at radius 2 is 2.08 bits per heavy atom. The summed E-state index contributed by atoms with van der Waals surface area (Å²) in [5.74, 6) is 0.638. The summed E-state index contributed by atoms with van der Waals surface area (Å²) in [7, 11) is 0. The Balaban J connectivity index is 1.38. The summed E-state index contributed by atoms with van der Waals surface area (Å²) >= 11 is 2.96. The molecule has 1 aromatic carbocycles. The summed E-state index contributed by atoms with van der Waals surface area (Å²) in [6.45, 7) is 3.33. The number of nitrogens with zero attached hydrogens (tertiary/aromatic N) is 3. The van der Waals surface area contributed by atoms with Gasteiger partial charge in [0.1, 0.15) is 6.07 Å². The van der Waals surface area contributed by atoms with Gasteiger partial charge in [-0.3, -0.25) is 4.79 Å². The number of nitriles is 1. The highest BCUT2D eigenvalue weighted by atomic mass is 32.2. The van der Waals surface area contributed by atoms with E-state index in [0.29, 0.717) is 17.2 Å². The van der Waals surface area contributed by atoms with Gasteiger partial charge >= 0.3 is 0 Å². The van der Waals surface area contributed by atoms with Gasteiger partial charge in [0, 0.05) is 28.4 Å². The van der Waals surface area contributed by atoms with Crippen LogP contribution in [0.25, 0.3) is 0 Å². The predicted octanol–water partition coefficient (Wildman–Crippen LogP) is 2.99. The number of thiazole rings is 1. The molecule has 128 valence electrons. The van der Waals surface area contributed by atoms with Crippen molar-refractivity contribution in [2.75, 3.05) is 19.6 Å². The zero-order chi connectivity index (χ0) is 17.2. The standard InChI is InChI=1S/C18H18N4OS2/c19-9-14-11-24-18(20-14)25-15-3-1-13(2-4-15)17(23)21-16-10-22-7-5-12(16)6-8-22/h1-4,11-12,16H,5-8,10H2,(H,21,23). The van der Waals surface area contributed by atoms with Crippen molar-refractivity contribution < 1.29 is 4.79 Å². The Morgan fingerprint density at radius 1 is 1.32 bits per heavy atom. The van der Waals surface area contributed by atoms with Gasteiger partial charge in [-0.2, -0.15) is 5.26 Å². The SMILES string of the molecule is N#Cc1csc(Sc2ccc(C(=O)NC3CN4CCC3CC4)cc2)n1. The number of amides is 1. The van der Waals surface area contributed by atoms with Gasteiger partial charge in [-0.25, -0.2) is 4.98 Å². The van der Waals surface area contributed by atoms with Gasteiger partial charge in [-0.1, -0.05) is 11.8 Å². The molecule has 25 heavy (non-hydrogen) atoms. The van der Waals surface area contributed by atoms with E-state index in [1.54, 1.807) is 5.38 Å². The van der Waals surface area contributed by atoms with Crippen LogP contribution in [0.15, 0.2) is 38.9 Å². The Hall–Kier alpha value is -1.88. The van der Waals surface area contributed by atoms with Crippen LogP contribution in [0.1, 0.15) is 28.9 Å². The van der Waals surface area contributed by atoms with Crippen molar-refractivity contribution in [2.45, 2.75) is 28.1 Å². The fraction of sp³-hybridized carbons (Fsp3) is 0.389. The number of fused-ring (bicyclic) bond motifs is 3. The molecule has 1 unspecified atom stereocenters. The van der Waals surface area contributed by atoms with E-state index in [1.165, 1.54) is 49.0 Å². The van der Waals surface area contributed by atoms with Crippen LogP contribution in [0.2, 0.25) is 0 Å². The van der Waals surface area contributed by atoms with Crippen LogP contribution in [0.5, 0.6) is 0 Å². The van der Waals surface area contributed by atoms with Gasteiger partial charge in [0.05, 0.1) is 0 Å². The largest absolute Gasteiger partial charge is 0.348 e. The molecular weight excluding hydrogens is 352 g/mol. The van der Waals surface area contributed by atoms with Crippen LogP contribution in [0.4, 0.5) is 0 Å². The van der Waals surface area contributed by atoms with Crippen molar-refractivity contribution in [3.05, 3.63) is 40.9 Å². The molecule has 2 bridgehead atoms. The molecule has 0 radical (unpaired) electrons. The fourth-order valence-corrected chi connectivity index (χ4v) is 5.22. The molecular formula is C18H18N4OS2. The summed E-state index contributed by atoms with van der Waals surface area (Å²) in [5, 5.41) is 13.8. The fourth-order valence-electron chi connectivity index (χ4n) is 3.51. The number of rotatable bonds is 4. The molecule has 5 nitrogen and oxygen atoms in total. The van der Waals surface area contributed by atoms with Crippen molar-refractivity contribution in [2.24, 2.45) is 5.92 Å². The lowest BCUT2D eigenvalue weighted by atomic mass is 9.84. The summed E-state index contributed by atoms with van der Waals surface area (Å²) < 4.78 is 0.834. The minimum atomic E-state index is 0.0105. The lowest BCUT2D eigenvalue weighted by Crippen LogP contribution is -2.57. The molecule has 0 spiro atoms. The molecule has 7 heteroatoms. The zero-order valence-electron chi connectivity index (χ0n) is 13.6. The monoisotopic (exact) mass is 370 g/mol. The quantitative estimate of drug-likeness (QED) is 0.896. The first kappa shape index (κ1) is 16.6. The highest BCUT2D eigenvalue weighted by Gasteiger charge is 2.34. The van der Waals surface area contributed by atoms with Crippen LogP contribution in [0.3, 0.4) is 0 Å². The highest BCUT2D eigenvalue weighted by Crippen LogP contribution is 2.31. The average molecular weight is 371 g/mol. The minimum absolute atomic E-state index is 0.0105. The lowest BCUT2D eigenvalue weighted by Gasteiger charge is -2.44.